The quantitative estimate of drug-likeness (QED) is 0.249. The number of guanidine groups is 1. The van der Waals surface area contributed by atoms with Gasteiger partial charge in [-0.3, -0.25) is 9.89 Å². The third-order valence-electron chi connectivity index (χ3n) is 6.22. The van der Waals surface area contributed by atoms with Crippen molar-refractivity contribution in [2.24, 2.45) is 4.99 Å². The Kier molecular flexibility index (Phi) is 9.88. The molecule has 1 aliphatic rings. The first kappa shape index (κ1) is 26.2. The maximum atomic E-state index is 13.1. The summed E-state index contributed by atoms with van der Waals surface area (Å²) >= 11 is 0. The molecule has 4 rings (SSSR count). The van der Waals surface area contributed by atoms with Crippen LogP contribution in [-0.2, 0) is 13.0 Å². The second-order valence-electron chi connectivity index (χ2n) is 8.65. The molecule has 0 spiro atoms. The molecule has 8 heteroatoms. The van der Waals surface area contributed by atoms with Crippen molar-refractivity contribution in [3.63, 3.8) is 0 Å². The fraction of sp³-hybridized carbons (Fsp3) is 0.385. The van der Waals surface area contributed by atoms with Gasteiger partial charge in [-0.25, -0.2) is 9.07 Å². The Bertz CT molecular complexity index is 1040. The van der Waals surface area contributed by atoms with Crippen LogP contribution in [0.15, 0.2) is 71.9 Å². The van der Waals surface area contributed by atoms with E-state index in [1.165, 1.54) is 17.7 Å². The molecule has 2 aromatic carbocycles. The number of hydrogen-bond donors (Lipinski definition) is 2. The lowest BCUT2D eigenvalue weighted by atomic mass is 9.97. The van der Waals surface area contributed by atoms with Gasteiger partial charge in [-0.2, -0.15) is 5.10 Å². The number of nitrogens with one attached hydrogen (secondary N) is 2. The molecule has 0 bridgehead atoms. The highest BCUT2D eigenvalue weighted by molar-refractivity contribution is 14.0. The second-order valence-corrected chi connectivity index (χ2v) is 8.65. The van der Waals surface area contributed by atoms with Crippen molar-refractivity contribution in [3.05, 3.63) is 83.9 Å². The van der Waals surface area contributed by atoms with E-state index in [1.54, 1.807) is 16.8 Å². The molecule has 2 unspecified atom stereocenters. The fourth-order valence-electron chi connectivity index (χ4n) is 4.33. The number of nitrogens with zero attached hydrogens (tertiary/aromatic N) is 4. The Hall–Kier alpha value is -2.46. The minimum absolute atomic E-state index is 0. The van der Waals surface area contributed by atoms with E-state index in [-0.39, 0.29) is 29.8 Å². The predicted octanol–water partition coefficient (Wildman–Crippen LogP) is 4.39. The van der Waals surface area contributed by atoms with Crippen LogP contribution >= 0.6 is 24.0 Å². The molecule has 6 nitrogen and oxygen atoms in total. The number of hydrogen-bond acceptors (Lipinski definition) is 3. The molecule has 182 valence electrons. The Labute approximate surface area is 218 Å². The number of rotatable bonds is 7. The van der Waals surface area contributed by atoms with Crippen molar-refractivity contribution in [1.82, 2.24) is 25.3 Å². The van der Waals surface area contributed by atoms with Gasteiger partial charge in [0.15, 0.2) is 5.96 Å². The van der Waals surface area contributed by atoms with Crippen LogP contribution in [-0.4, -0.2) is 52.9 Å². The molecule has 1 aromatic heterocycles. The normalized spacial score (nSPS) is 18.9. The summed E-state index contributed by atoms with van der Waals surface area (Å²) in [6.45, 7) is 5.13. The van der Waals surface area contributed by atoms with Gasteiger partial charge < -0.3 is 10.6 Å². The number of benzene rings is 2. The average Bonchev–Trinajstić information content (AvgIpc) is 3.30. The molecule has 2 heterocycles. The lowest BCUT2D eigenvalue weighted by molar-refractivity contribution is 0.134. The third kappa shape index (κ3) is 7.27. The second kappa shape index (κ2) is 12.9. The molecule has 34 heavy (non-hydrogen) atoms. The monoisotopic (exact) mass is 576 g/mol. The zero-order chi connectivity index (χ0) is 23.0. The van der Waals surface area contributed by atoms with Crippen molar-refractivity contribution in [2.45, 2.75) is 44.8 Å². The SMILES string of the molecule is CN=C(NCCc1ccn(-c2ccc(F)cc2)n1)NC1CCN(Cc2ccccc2)C(C)C1.I. The number of aromatic nitrogens is 2. The Morgan fingerprint density at radius 1 is 1.12 bits per heavy atom. The molecule has 2 N–H and O–H groups in total. The average molecular weight is 577 g/mol. The van der Waals surface area contributed by atoms with E-state index in [4.69, 9.17) is 0 Å². The van der Waals surface area contributed by atoms with Gasteiger partial charge in [-0.15, -0.1) is 24.0 Å². The van der Waals surface area contributed by atoms with Crippen LogP contribution in [0.4, 0.5) is 4.39 Å². The Morgan fingerprint density at radius 3 is 2.59 bits per heavy atom. The van der Waals surface area contributed by atoms with Crippen LogP contribution in [0.2, 0.25) is 0 Å². The molecule has 0 radical (unpaired) electrons. The van der Waals surface area contributed by atoms with E-state index < -0.39 is 0 Å². The Morgan fingerprint density at radius 2 is 1.88 bits per heavy atom. The highest BCUT2D eigenvalue weighted by Crippen LogP contribution is 2.20. The van der Waals surface area contributed by atoms with Gasteiger partial charge in [0, 0.05) is 51.4 Å². The van der Waals surface area contributed by atoms with E-state index >= 15 is 0 Å². The van der Waals surface area contributed by atoms with E-state index in [0.717, 1.165) is 56.2 Å². The molecule has 1 fully saturated rings. The van der Waals surface area contributed by atoms with Crippen LogP contribution in [0.5, 0.6) is 0 Å². The number of piperidine rings is 1. The van der Waals surface area contributed by atoms with Gasteiger partial charge in [0.2, 0.25) is 0 Å². The van der Waals surface area contributed by atoms with E-state index in [2.05, 4.69) is 62.9 Å². The molecule has 2 atom stereocenters. The van der Waals surface area contributed by atoms with Gasteiger partial charge in [0.05, 0.1) is 11.4 Å². The lowest BCUT2D eigenvalue weighted by Crippen LogP contribution is -2.51. The maximum Gasteiger partial charge on any atom is 0.191 e. The molecular weight excluding hydrogens is 542 g/mol. The van der Waals surface area contributed by atoms with Crippen molar-refractivity contribution < 1.29 is 4.39 Å². The lowest BCUT2D eigenvalue weighted by Gasteiger charge is -2.38. The van der Waals surface area contributed by atoms with E-state index in [9.17, 15) is 4.39 Å². The predicted molar refractivity (Wildman–Crippen MR) is 146 cm³/mol. The van der Waals surface area contributed by atoms with Crippen molar-refractivity contribution >= 4 is 29.9 Å². The summed E-state index contributed by atoms with van der Waals surface area (Å²) in [6, 6.07) is 19.9. The van der Waals surface area contributed by atoms with Crippen molar-refractivity contribution in [1.29, 1.82) is 0 Å². The largest absolute Gasteiger partial charge is 0.356 e. The zero-order valence-electron chi connectivity index (χ0n) is 19.8. The summed E-state index contributed by atoms with van der Waals surface area (Å²) in [7, 11) is 1.81. The summed E-state index contributed by atoms with van der Waals surface area (Å²) in [4.78, 5) is 6.96. The molecule has 1 saturated heterocycles. The van der Waals surface area contributed by atoms with Crippen LogP contribution in [0.1, 0.15) is 31.0 Å². The highest BCUT2D eigenvalue weighted by atomic mass is 127. The van der Waals surface area contributed by atoms with Gasteiger partial charge in [0.25, 0.3) is 0 Å². The highest BCUT2D eigenvalue weighted by Gasteiger charge is 2.25. The topological polar surface area (TPSA) is 57.5 Å². The summed E-state index contributed by atoms with van der Waals surface area (Å²) in [6.07, 6.45) is 4.87. The van der Waals surface area contributed by atoms with Gasteiger partial charge in [-0.1, -0.05) is 30.3 Å². The minimum Gasteiger partial charge on any atom is -0.356 e. The van der Waals surface area contributed by atoms with Gasteiger partial charge in [0.1, 0.15) is 5.82 Å². The van der Waals surface area contributed by atoms with Crippen molar-refractivity contribution in [2.75, 3.05) is 20.1 Å². The molecule has 0 aliphatic carbocycles. The number of halogens is 2. The third-order valence-corrected chi connectivity index (χ3v) is 6.22. The fourth-order valence-corrected chi connectivity index (χ4v) is 4.33. The smallest absolute Gasteiger partial charge is 0.191 e. The van der Waals surface area contributed by atoms with Crippen LogP contribution in [0, 0.1) is 5.82 Å². The molecule has 0 amide bonds. The van der Waals surface area contributed by atoms with E-state index in [0.29, 0.717) is 12.1 Å². The van der Waals surface area contributed by atoms with Crippen LogP contribution in [0.3, 0.4) is 0 Å². The van der Waals surface area contributed by atoms with Crippen LogP contribution < -0.4 is 10.6 Å². The standard InChI is InChI=1S/C26H33FN6.HI/c1-20-18-24(13-16-32(20)19-21-6-4-3-5-7-21)30-26(28-2)29-15-12-23-14-17-33(31-23)25-10-8-22(27)9-11-25;/h3-11,14,17,20,24H,12-13,15-16,18-19H2,1-2H3,(H2,28,29,30);1H. The summed E-state index contributed by atoms with van der Waals surface area (Å²) < 4.78 is 14.9. The zero-order valence-corrected chi connectivity index (χ0v) is 22.2. The van der Waals surface area contributed by atoms with Gasteiger partial charge >= 0.3 is 0 Å². The summed E-state index contributed by atoms with van der Waals surface area (Å²) in [5.41, 5.74) is 3.20. The first-order valence-corrected chi connectivity index (χ1v) is 11.7. The number of likely N-dealkylation sites (tertiary alicyclic amines) is 1. The van der Waals surface area contributed by atoms with Crippen molar-refractivity contribution in [3.8, 4) is 5.69 Å². The maximum absolute atomic E-state index is 13.1. The summed E-state index contributed by atoms with van der Waals surface area (Å²) in [5, 5.41) is 11.6. The molecule has 1 aliphatic heterocycles. The summed E-state index contributed by atoms with van der Waals surface area (Å²) in [5.74, 6) is 0.590. The minimum atomic E-state index is -0.245. The Balaban J connectivity index is 0.00000324. The first-order chi connectivity index (χ1) is 16.1. The molecular formula is C26H34FIN6. The van der Waals surface area contributed by atoms with Crippen LogP contribution in [0.25, 0.3) is 5.69 Å². The first-order valence-electron chi connectivity index (χ1n) is 11.7. The molecule has 3 aromatic rings. The van der Waals surface area contributed by atoms with E-state index in [1.807, 2.05) is 19.3 Å². The van der Waals surface area contributed by atoms with Gasteiger partial charge in [-0.05, 0) is 55.7 Å². The number of aliphatic imine (C=N–C) groups is 1. The molecule has 0 saturated carbocycles.